The van der Waals surface area contributed by atoms with E-state index < -0.39 is 0 Å². The van der Waals surface area contributed by atoms with Crippen molar-refractivity contribution in [1.29, 1.82) is 0 Å². The molecule has 0 heterocycles. The molecule has 4 N–H and O–H groups in total. The maximum Gasteiger partial charge on any atom is 0.219 e. The molecule has 0 aliphatic carbocycles. The third-order valence-electron chi connectivity index (χ3n) is 2.63. The van der Waals surface area contributed by atoms with Gasteiger partial charge in [0.1, 0.15) is 0 Å². The van der Waals surface area contributed by atoms with E-state index in [-0.39, 0.29) is 12.0 Å². The van der Waals surface area contributed by atoms with Crippen LogP contribution in [0.1, 0.15) is 51.9 Å². The van der Waals surface area contributed by atoms with Gasteiger partial charge in [0, 0.05) is 13.0 Å². The number of amides is 1. The van der Waals surface area contributed by atoms with Crippen LogP contribution in [0, 0.1) is 0 Å². The predicted molar refractivity (Wildman–Crippen MR) is 66.1 cm³/mol. The monoisotopic (exact) mass is 230 g/mol. The van der Waals surface area contributed by atoms with Crippen LogP contribution < -0.4 is 11.1 Å². The Labute approximate surface area is 98.6 Å². The Morgan fingerprint density at radius 1 is 1.31 bits per heavy atom. The second kappa shape index (κ2) is 10.9. The minimum atomic E-state index is -0.287. The number of carbonyl (C=O) groups excluding carboxylic acids is 1. The maximum atomic E-state index is 11.3. The molecular weight excluding hydrogens is 204 g/mol. The van der Waals surface area contributed by atoms with E-state index in [2.05, 4.69) is 5.32 Å². The van der Waals surface area contributed by atoms with Gasteiger partial charge in [-0.25, -0.2) is 0 Å². The first kappa shape index (κ1) is 15.4. The zero-order chi connectivity index (χ0) is 12.2. The fraction of sp³-hybridized carbons (Fsp3) is 0.917. The number of aliphatic hydroxyl groups excluding tert-OH is 1. The van der Waals surface area contributed by atoms with Gasteiger partial charge in [0.15, 0.2) is 0 Å². The normalized spacial score (nSPS) is 12.4. The van der Waals surface area contributed by atoms with Crippen molar-refractivity contribution in [3.8, 4) is 0 Å². The number of carbonyl (C=O) groups is 1. The Kier molecular flexibility index (Phi) is 10.5. The van der Waals surface area contributed by atoms with Gasteiger partial charge in [0.05, 0.1) is 6.10 Å². The lowest BCUT2D eigenvalue weighted by Gasteiger charge is -2.08. The van der Waals surface area contributed by atoms with Crippen molar-refractivity contribution < 1.29 is 9.90 Å². The fourth-order valence-corrected chi connectivity index (χ4v) is 1.45. The summed E-state index contributed by atoms with van der Waals surface area (Å²) in [5.41, 5.74) is 5.37. The summed E-state index contributed by atoms with van der Waals surface area (Å²) >= 11 is 0. The first-order chi connectivity index (χ1) is 7.70. The molecule has 0 aliphatic heterocycles. The summed E-state index contributed by atoms with van der Waals surface area (Å²) in [6, 6.07) is 0. The lowest BCUT2D eigenvalue weighted by Crippen LogP contribution is -2.26. The first-order valence-electron chi connectivity index (χ1n) is 6.35. The van der Waals surface area contributed by atoms with E-state index in [0.29, 0.717) is 19.4 Å². The molecule has 1 unspecified atom stereocenters. The molecule has 0 saturated carbocycles. The van der Waals surface area contributed by atoms with Crippen LogP contribution in [-0.2, 0) is 4.79 Å². The Balaban J connectivity index is 3.24. The molecule has 0 fully saturated rings. The molecule has 4 heteroatoms. The third kappa shape index (κ3) is 9.93. The summed E-state index contributed by atoms with van der Waals surface area (Å²) in [5, 5.41) is 12.1. The molecule has 4 nitrogen and oxygen atoms in total. The average molecular weight is 230 g/mol. The number of hydrogen-bond donors (Lipinski definition) is 3. The Morgan fingerprint density at radius 2 is 2.00 bits per heavy atom. The highest BCUT2D eigenvalue weighted by Crippen LogP contribution is 2.02. The Hall–Kier alpha value is -0.610. The minimum absolute atomic E-state index is 0.0936. The van der Waals surface area contributed by atoms with Gasteiger partial charge in [-0.3, -0.25) is 4.79 Å². The van der Waals surface area contributed by atoms with E-state index in [0.717, 1.165) is 38.6 Å². The van der Waals surface area contributed by atoms with Crippen molar-refractivity contribution in [2.45, 2.75) is 58.0 Å². The van der Waals surface area contributed by atoms with Crippen molar-refractivity contribution in [3.05, 3.63) is 0 Å². The van der Waals surface area contributed by atoms with E-state index in [1.54, 1.807) is 0 Å². The topological polar surface area (TPSA) is 75.3 Å². The smallest absolute Gasteiger partial charge is 0.219 e. The zero-order valence-electron chi connectivity index (χ0n) is 10.4. The van der Waals surface area contributed by atoms with E-state index in [9.17, 15) is 9.90 Å². The number of aliphatic hydroxyl groups is 1. The highest BCUT2D eigenvalue weighted by atomic mass is 16.3. The quantitative estimate of drug-likeness (QED) is 0.493. The Morgan fingerprint density at radius 3 is 2.62 bits per heavy atom. The minimum Gasteiger partial charge on any atom is -0.393 e. The number of hydrogen-bond acceptors (Lipinski definition) is 3. The lowest BCUT2D eigenvalue weighted by atomic mass is 10.1. The second-order valence-electron chi connectivity index (χ2n) is 4.15. The maximum absolute atomic E-state index is 11.3. The summed E-state index contributed by atoms with van der Waals surface area (Å²) < 4.78 is 0. The van der Waals surface area contributed by atoms with Crippen LogP contribution in [0.15, 0.2) is 0 Å². The van der Waals surface area contributed by atoms with Crippen molar-refractivity contribution >= 4 is 5.91 Å². The summed E-state index contributed by atoms with van der Waals surface area (Å²) in [4.78, 5) is 11.3. The van der Waals surface area contributed by atoms with E-state index >= 15 is 0 Å². The van der Waals surface area contributed by atoms with Gasteiger partial charge in [0.2, 0.25) is 5.91 Å². The van der Waals surface area contributed by atoms with Crippen LogP contribution in [0.4, 0.5) is 0 Å². The fourth-order valence-electron chi connectivity index (χ4n) is 1.45. The molecule has 0 spiro atoms. The van der Waals surface area contributed by atoms with Crippen molar-refractivity contribution in [1.82, 2.24) is 5.32 Å². The molecule has 0 radical (unpaired) electrons. The molecular formula is C12H26N2O2. The van der Waals surface area contributed by atoms with Gasteiger partial charge < -0.3 is 16.2 Å². The largest absolute Gasteiger partial charge is 0.393 e. The lowest BCUT2D eigenvalue weighted by molar-refractivity contribution is -0.121. The number of nitrogens with two attached hydrogens (primary N) is 1. The van der Waals surface area contributed by atoms with E-state index in [1.165, 1.54) is 0 Å². The highest BCUT2D eigenvalue weighted by Gasteiger charge is 2.03. The molecule has 0 aromatic heterocycles. The van der Waals surface area contributed by atoms with Gasteiger partial charge in [-0.15, -0.1) is 0 Å². The summed E-state index contributed by atoms with van der Waals surface area (Å²) in [6.45, 7) is 3.25. The first-order valence-corrected chi connectivity index (χ1v) is 6.35. The SMILES string of the molecule is CCC(O)CCNC(=O)CCCCCCN. The number of rotatable bonds is 10. The van der Waals surface area contributed by atoms with Gasteiger partial charge in [0.25, 0.3) is 0 Å². The number of unbranched alkanes of at least 4 members (excludes halogenated alkanes) is 3. The molecule has 0 saturated heterocycles. The van der Waals surface area contributed by atoms with E-state index in [4.69, 9.17) is 5.73 Å². The van der Waals surface area contributed by atoms with Crippen LogP contribution in [0.25, 0.3) is 0 Å². The molecule has 16 heavy (non-hydrogen) atoms. The van der Waals surface area contributed by atoms with Gasteiger partial charge in [-0.05, 0) is 32.2 Å². The van der Waals surface area contributed by atoms with Crippen molar-refractivity contribution in [2.75, 3.05) is 13.1 Å². The molecule has 0 aromatic carbocycles. The average Bonchev–Trinajstić information content (AvgIpc) is 2.28. The standard InChI is InChI=1S/C12H26N2O2/c1-2-11(15)8-10-14-12(16)7-5-3-4-6-9-13/h11,15H,2-10,13H2,1H3,(H,14,16). The van der Waals surface area contributed by atoms with E-state index in [1.807, 2.05) is 6.92 Å². The van der Waals surface area contributed by atoms with Crippen LogP contribution in [-0.4, -0.2) is 30.2 Å². The van der Waals surface area contributed by atoms with Crippen molar-refractivity contribution in [2.24, 2.45) is 5.73 Å². The molecule has 96 valence electrons. The van der Waals surface area contributed by atoms with Gasteiger partial charge >= 0.3 is 0 Å². The molecule has 0 rings (SSSR count). The number of nitrogens with one attached hydrogen (secondary N) is 1. The summed E-state index contributed by atoms with van der Waals surface area (Å²) in [7, 11) is 0. The van der Waals surface area contributed by atoms with Crippen molar-refractivity contribution in [3.63, 3.8) is 0 Å². The second-order valence-corrected chi connectivity index (χ2v) is 4.15. The zero-order valence-corrected chi connectivity index (χ0v) is 10.4. The Bertz CT molecular complexity index is 174. The van der Waals surface area contributed by atoms with Crippen LogP contribution >= 0.6 is 0 Å². The van der Waals surface area contributed by atoms with Gasteiger partial charge in [-0.1, -0.05) is 19.8 Å². The molecule has 1 atom stereocenters. The third-order valence-corrected chi connectivity index (χ3v) is 2.63. The van der Waals surface area contributed by atoms with Crippen LogP contribution in [0.3, 0.4) is 0 Å². The molecule has 0 bridgehead atoms. The predicted octanol–water partition coefficient (Wildman–Crippen LogP) is 1.17. The molecule has 0 aliphatic rings. The molecule has 0 aromatic rings. The molecule has 1 amide bonds. The van der Waals surface area contributed by atoms with Gasteiger partial charge in [-0.2, -0.15) is 0 Å². The summed E-state index contributed by atoms with van der Waals surface area (Å²) in [6.07, 6.45) is 5.86. The summed E-state index contributed by atoms with van der Waals surface area (Å²) in [5.74, 6) is 0.0936. The highest BCUT2D eigenvalue weighted by molar-refractivity contribution is 5.75. The van der Waals surface area contributed by atoms with Crippen LogP contribution in [0.5, 0.6) is 0 Å². The van der Waals surface area contributed by atoms with Crippen LogP contribution in [0.2, 0.25) is 0 Å².